The van der Waals surface area contributed by atoms with Gasteiger partial charge in [-0.2, -0.15) is 0 Å². The summed E-state index contributed by atoms with van der Waals surface area (Å²) in [5, 5.41) is 0. The Hall–Kier alpha value is -0.120. The van der Waals surface area contributed by atoms with E-state index >= 15 is 0 Å². The highest BCUT2D eigenvalue weighted by atomic mass is 16.6. The first kappa shape index (κ1) is 7.53. The molecule has 0 aliphatic carbocycles. The minimum atomic E-state index is 0.524. The Morgan fingerprint density at radius 3 is 2.91 bits per heavy atom. The fourth-order valence-corrected chi connectivity index (χ4v) is 1.47. The summed E-state index contributed by atoms with van der Waals surface area (Å²) in [7, 11) is 0. The predicted octanol–water partition coefficient (Wildman–Crippen LogP) is 0.106. The van der Waals surface area contributed by atoms with Crippen molar-refractivity contribution in [1.29, 1.82) is 0 Å². The molecule has 2 fully saturated rings. The summed E-state index contributed by atoms with van der Waals surface area (Å²) in [4.78, 5) is 2.45. The summed E-state index contributed by atoms with van der Waals surface area (Å²) < 4.78 is 10.5. The van der Waals surface area contributed by atoms with Crippen LogP contribution in [-0.2, 0) is 9.47 Å². The number of hydrogen-bond donors (Lipinski definition) is 0. The third-order valence-electron chi connectivity index (χ3n) is 2.35. The van der Waals surface area contributed by atoms with Gasteiger partial charge in [0.1, 0.15) is 0 Å². The van der Waals surface area contributed by atoms with Crippen molar-refractivity contribution in [3.63, 3.8) is 0 Å². The molecule has 2 heterocycles. The van der Waals surface area contributed by atoms with Crippen LogP contribution in [0.2, 0.25) is 0 Å². The molecular formula is C8H15NO2. The van der Waals surface area contributed by atoms with Crippen LogP contribution in [0, 0.1) is 0 Å². The zero-order valence-electron chi connectivity index (χ0n) is 6.95. The maximum Gasteiger partial charge on any atom is 0.0936 e. The average molecular weight is 157 g/mol. The normalized spacial score (nSPS) is 39.0. The molecule has 2 atom stereocenters. The van der Waals surface area contributed by atoms with E-state index in [1.54, 1.807) is 0 Å². The van der Waals surface area contributed by atoms with Crippen molar-refractivity contribution in [2.45, 2.75) is 19.1 Å². The number of nitrogens with zero attached hydrogens (tertiary/aromatic N) is 1. The van der Waals surface area contributed by atoms with Crippen LogP contribution in [0.25, 0.3) is 0 Å². The molecule has 0 bridgehead atoms. The molecule has 2 aliphatic heterocycles. The van der Waals surface area contributed by atoms with E-state index < -0.39 is 0 Å². The van der Waals surface area contributed by atoms with Gasteiger partial charge >= 0.3 is 0 Å². The van der Waals surface area contributed by atoms with E-state index in [9.17, 15) is 0 Å². The molecule has 3 heteroatoms. The van der Waals surface area contributed by atoms with Gasteiger partial charge in [0.05, 0.1) is 25.9 Å². The molecular weight excluding hydrogens is 142 g/mol. The van der Waals surface area contributed by atoms with Crippen LogP contribution in [0.4, 0.5) is 0 Å². The number of hydrogen-bond acceptors (Lipinski definition) is 3. The largest absolute Gasteiger partial charge is 0.379 e. The van der Waals surface area contributed by atoms with Crippen molar-refractivity contribution < 1.29 is 9.47 Å². The van der Waals surface area contributed by atoms with Gasteiger partial charge in [0.25, 0.3) is 0 Å². The van der Waals surface area contributed by atoms with Crippen molar-refractivity contribution in [3.8, 4) is 0 Å². The zero-order valence-corrected chi connectivity index (χ0v) is 6.95. The van der Waals surface area contributed by atoms with Crippen LogP contribution in [0.15, 0.2) is 0 Å². The highest BCUT2D eigenvalue weighted by Gasteiger charge is 2.28. The molecule has 2 saturated heterocycles. The minimum Gasteiger partial charge on any atom is -0.379 e. The van der Waals surface area contributed by atoms with Gasteiger partial charge in [-0.05, 0) is 6.92 Å². The molecule has 0 aromatic rings. The van der Waals surface area contributed by atoms with Gasteiger partial charge in [0.15, 0.2) is 0 Å². The van der Waals surface area contributed by atoms with Crippen molar-refractivity contribution in [3.05, 3.63) is 0 Å². The second-order valence-electron chi connectivity index (χ2n) is 3.37. The molecule has 0 aromatic heterocycles. The van der Waals surface area contributed by atoms with Crippen molar-refractivity contribution in [2.24, 2.45) is 0 Å². The molecule has 2 rings (SSSR count). The number of morpholine rings is 1. The third kappa shape index (κ3) is 1.92. The fraction of sp³-hybridized carbons (Fsp3) is 1.00. The first-order valence-electron chi connectivity index (χ1n) is 4.29. The van der Waals surface area contributed by atoms with Gasteiger partial charge in [0, 0.05) is 19.1 Å². The van der Waals surface area contributed by atoms with Gasteiger partial charge in [-0.1, -0.05) is 0 Å². The smallest absolute Gasteiger partial charge is 0.0936 e. The minimum absolute atomic E-state index is 0.524. The second kappa shape index (κ2) is 3.09. The van der Waals surface area contributed by atoms with Crippen LogP contribution in [0.5, 0.6) is 0 Å². The summed E-state index contributed by atoms with van der Waals surface area (Å²) in [6.45, 7) is 7.11. The predicted molar refractivity (Wildman–Crippen MR) is 41.6 cm³/mol. The standard InChI is InChI=1S/C8H15NO2/c1-7-5-10-3-2-9(7)4-8-6-11-8/h7-8H,2-6H2,1H3. The van der Waals surface area contributed by atoms with E-state index in [1.165, 1.54) is 0 Å². The quantitative estimate of drug-likeness (QED) is 0.532. The van der Waals surface area contributed by atoms with E-state index in [4.69, 9.17) is 9.47 Å². The molecule has 0 N–H and O–H groups in total. The summed E-state index contributed by atoms with van der Waals surface area (Å²) in [5.74, 6) is 0. The maximum absolute atomic E-state index is 5.33. The van der Waals surface area contributed by atoms with Crippen molar-refractivity contribution in [1.82, 2.24) is 4.90 Å². The SMILES string of the molecule is CC1COCCN1CC1CO1. The van der Waals surface area contributed by atoms with Crippen LogP contribution in [-0.4, -0.2) is 50.0 Å². The summed E-state index contributed by atoms with van der Waals surface area (Å²) in [6.07, 6.45) is 0.524. The molecule has 11 heavy (non-hydrogen) atoms. The first-order chi connectivity index (χ1) is 5.36. The van der Waals surface area contributed by atoms with Crippen LogP contribution in [0.3, 0.4) is 0 Å². The Morgan fingerprint density at radius 2 is 2.27 bits per heavy atom. The average Bonchev–Trinajstić information content (AvgIpc) is 2.78. The van der Waals surface area contributed by atoms with E-state index in [0.29, 0.717) is 12.1 Å². The van der Waals surface area contributed by atoms with Gasteiger partial charge in [-0.3, -0.25) is 4.90 Å². The Morgan fingerprint density at radius 1 is 1.45 bits per heavy atom. The summed E-state index contributed by atoms with van der Waals surface area (Å²) >= 11 is 0. The second-order valence-corrected chi connectivity index (χ2v) is 3.37. The van der Waals surface area contributed by atoms with Gasteiger partial charge < -0.3 is 9.47 Å². The molecule has 0 radical (unpaired) electrons. The third-order valence-corrected chi connectivity index (χ3v) is 2.35. The molecule has 64 valence electrons. The van der Waals surface area contributed by atoms with Gasteiger partial charge in [0.2, 0.25) is 0 Å². The summed E-state index contributed by atoms with van der Waals surface area (Å²) in [5.41, 5.74) is 0. The Labute approximate surface area is 67.3 Å². The van der Waals surface area contributed by atoms with Gasteiger partial charge in [-0.15, -0.1) is 0 Å². The van der Waals surface area contributed by atoms with E-state index in [1.807, 2.05) is 0 Å². The lowest BCUT2D eigenvalue weighted by Gasteiger charge is -2.32. The molecule has 3 nitrogen and oxygen atoms in total. The number of epoxide rings is 1. The zero-order chi connectivity index (χ0) is 7.68. The number of rotatable bonds is 2. The van der Waals surface area contributed by atoms with Crippen LogP contribution < -0.4 is 0 Å². The van der Waals surface area contributed by atoms with Crippen molar-refractivity contribution in [2.75, 3.05) is 32.9 Å². The topological polar surface area (TPSA) is 25.0 Å². The lowest BCUT2D eigenvalue weighted by Crippen LogP contribution is -2.45. The van der Waals surface area contributed by atoms with Crippen molar-refractivity contribution >= 4 is 0 Å². The molecule has 0 amide bonds. The van der Waals surface area contributed by atoms with Crippen LogP contribution in [0.1, 0.15) is 6.92 Å². The highest BCUT2D eigenvalue weighted by Crippen LogP contribution is 2.14. The molecule has 2 aliphatic rings. The fourth-order valence-electron chi connectivity index (χ4n) is 1.47. The monoisotopic (exact) mass is 157 g/mol. The molecule has 0 saturated carbocycles. The van der Waals surface area contributed by atoms with E-state index in [0.717, 1.165) is 32.9 Å². The lowest BCUT2D eigenvalue weighted by atomic mass is 10.2. The molecule has 0 aromatic carbocycles. The Balaban J connectivity index is 1.78. The Bertz CT molecular complexity index is 136. The maximum atomic E-state index is 5.33. The molecule has 2 unspecified atom stereocenters. The van der Waals surface area contributed by atoms with E-state index in [2.05, 4.69) is 11.8 Å². The summed E-state index contributed by atoms with van der Waals surface area (Å²) in [6, 6.07) is 0.577. The first-order valence-corrected chi connectivity index (χ1v) is 4.29. The number of ether oxygens (including phenoxy) is 2. The lowest BCUT2D eigenvalue weighted by molar-refractivity contribution is -0.00289. The van der Waals surface area contributed by atoms with Crippen LogP contribution >= 0.6 is 0 Å². The van der Waals surface area contributed by atoms with E-state index in [-0.39, 0.29) is 0 Å². The van der Waals surface area contributed by atoms with Gasteiger partial charge in [-0.25, -0.2) is 0 Å². The Kier molecular flexibility index (Phi) is 2.11. The molecule has 0 spiro atoms. The highest BCUT2D eigenvalue weighted by molar-refractivity contribution is 4.79.